The standard InChI is InChI=1S/C15H22N2O2/c1-10(2)13-8-11(15(18)19)9-14(17-13)16-12-6-4-3-5-7-12/h8-10,12H,3-7H2,1-2H3,(H,16,17)(H,18,19). The molecule has 0 amide bonds. The second-order valence-corrected chi connectivity index (χ2v) is 5.61. The molecule has 0 radical (unpaired) electrons. The van der Waals surface area contributed by atoms with Crippen LogP contribution in [0.5, 0.6) is 0 Å². The Morgan fingerprint density at radius 1 is 1.32 bits per heavy atom. The summed E-state index contributed by atoms with van der Waals surface area (Å²) in [4.78, 5) is 15.7. The van der Waals surface area contributed by atoms with Gasteiger partial charge in [-0.05, 0) is 30.9 Å². The maximum Gasteiger partial charge on any atom is 0.335 e. The lowest BCUT2D eigenvalue weighted by molar-refractivity contribution is 0.0696. The van der Waals surface area contributed by atoms with Gasteiger partial charge in [0, 0.05) is 11.7 Å². The minimum atomic E-state index is -0.893. The highest BCUT2D eigenvalue weighted by Crippen LogP contribution is 2.23. The van der Waals surface area contributed by atoms with Crippen molar-refractivity contribution in [3.05, 3.63) is 23.4 Å². The van der Waals surface area contributed by atoms with Crippen molar-refractivity contribution in [1.29, 1.82) is 0 Å². The van der Waals surface area contributed by atoms with Crippen molar-refractivity contribution in [2.24, 2.45) is 0 Å². The van der Waals surface area contributed by atoms with Gasteiger partial charge in [0.2, 0.25) is 0 Å². The van der Waals surface area contributed by atoms with E-state index in [0.717, 1.165) is 18.5 Å². The number of nitrogens with zero attached hydrogens (tertiary/aromatic N) is 1. The second-order valence-electron chi connectivity index (χ2n) is 5.61. The molecule has 0 saturated heterocycles. The summed E-state index contributed by atoms with van der Waals surface area (Å²) in [5, 5.41) is 12.6. The number of aromatic nitrogens is 1. The quantitative estimate of drug-likeness (QED) is 0.869. The number of carboxylic acids is 1. The minimum absolute atomic E-state index is 0.228. The third kappa shape index (κ3) is 3.69. The molecule has 1 aromatic rings. The normalized spacial score (nSPS) is 16.6. The molecule has 1 aliphatic carbocycles. The van der Waals surface area contributed by atoms with E-state index in [4.69, 9.17) is 5.11 Å². The molecule has 1 aliphatic rings. The van der Waals surface area contributed by atoms with Crippen LogP contribution in [-0.4, -0.2) is 22.1 Å². The Kier molecular flexibility index (Phi) is 4.40. The van der Waals surface area contributed by atoms with Crippen LogP contribution in [0.3, 0.4) is 0 Å². The molecule has 104 valence electrons. The van der Waals surface area contributed by atoms with Gasteiger partial charge in [0.1, 0.15) is 5.82 Å². The van der Waals surface area contributed by atoms with Crippen molar-refractivity contribution in [2.45, 2.75) is 57.9 Å². The fraction of sp³-hybridized carbons (Fsp3) is 0.600. The molecule has 19 heavy (non-hydrogen) atoms. The molecule has 1 saturated carbocycles. The lowest BCUT2D eigenvalue weighted by Crippen LogP contribution is -2.23. The van der Waals surface area contributed by atoms with E-state index < -0.39 is 5.97 Å². The van der Waals surface area contributed by atoms with E-state index in [1.807, 2.05) is 13.8 Å². The summed E-state index contributed by atoms with van der Waals surface area (Å²) in [6.07, 6.45) is 6.09. The number of nitrogens with one attached hydrogen (secondary N) is 1. The molecule has 1 fully saturated rings. The van der Waals surface area contributed by atoms with Crippen LogP contribution in [0, 0.1) is 0 Å². The van der Waals surface area contributed by atoms with Crippen molar-refractivity contribution >= 4 is 11.8 Å². The average molecular weight is 262 g/mol. The lowest BCUT2D eigenvalue weighted by atomic mass is 9.95. The third-order valence-corrected chi connectivity index (χ3v) is 3.64. The molecule has 0 spiro atoms. The second kappa shape index (κ2) is 6.04. The molecular formula is C15H22N2O2. The van der Waals surface area contributed by atoms with E-state index in [1.54, 1.807) is 12.1 Å². The topological polar surface area (TPSA) is 62.2 Å². The Morgan fingerprint density at radius 2 is 2.00 bits per heavy atom. The number of carboxylic acid groups (broad SMARTS) is 1. The third-order valence-electron chi connectivity index (χ3n) is 3.64. The first-order valence-electron chi connectivity index (χ1n) is 7.08. The maximum atomic E-state index is 11.2. The van der Waals surface area contributed by atoms with Crippen LogP contribution in [-0.2, 0) is 0 Å². The van der Waals surface area contributed by atoms with Gasteiger partial charge in [0.25, 0.3) is 0 Å². The molecular weight excluding hydrogens is 240 g/mol. The van der Waals surface area contributed by atoms with E-state index in [2.05, 4.69) is 10.3 Å². The fourth-order valence-corrected chi connectivity index (χ4v) is 2.50. The number of carbonyl (C=O) groups is 1. The van der Waals surface area contributed by atoms with Gasteiger partial charge < -0.3 is 10.4 Å². The average Bonchev–Trinajstić information content (AvgIpc) is 2.39. The summed E-state index contributed by atoms with van der Waals surface area (Å²) in [5.41, 5.74) is 1.15. The van der Waals surface area contributed by atoms with Crippen LogP contribution in [0.25, 0.3) is 0 Å². The number of aromatic carboxylic acids is 1. The molecule has 0 unspecified atom stereocenters. The van der Waals surface area contributed by atoms with Crippen LogP contribution in [0.2, 0.25) is 0 Å². The van der Waals surface area contributed by atoms with E-state index in [9.17, 15) is 4.79 Å². The first-order valence-corrected chi connectivity index (χ1v) is 7.08. The SMILES string of the molecule is CC(C)c1cc(C(=O)O)cc(NC2CCCCC2)n1. The summed E-state index contributed by atoms with van der Waals surface area (Å²) in [6.45, 7) is 4.05. The number of anilines is 1. The predicted octanol–water partition coefficient (Wildman–Crippen LogP) is 3.65. The molecule has 0 atom stereocenters. The molecule has 0 aromatic carbocycles. The van der Waals surface area contributed by atoms with Gasteiger partial charge in [-0.1, -0.05) is 33.1 Å². The molecule has 1 aromatic heterocycles. The van der Waals surface area contributed by atoms with Crippen LogP contribution in [0.4, 0.5) is 5.82 Å². The zero-order chi connectivity index (χ0) is 13.8. The number of rotatable bonds is 4. The highest BCUT2D eigenvalue weighted by molar-refractivity contribution is 5.88. The summed E-state index contributed by atoms with van der Waals surface area (Å²) in [6, 6.07) is 3.74. The lowest BCUT2D eigenvalue weighted by Gasteiger charge is -2.24. The summed E-state index contributed by atoms with van der Waals surface area (Å²) in [5.74, 6) is 0.0395. The van der Waals surface area contributed by atoms with Gasteiger partial charge in [-0.15, -0.1) is 0 Å². The Morgan fingerprint density at radius 3 is 2.58 bits per heavy atom. The van der Waals surface area contributed by atoms with Crippen molar-refractivity contribution < 1.29 is 9.90 Å². The van der Waals surface area contributed by atoms with Crippen molar-refractivity contribution in [3.8, 4) is 0 Å². The van der Waals surface area contributed by atoms with E-state index in [-0.39, 0.29) is 5.92 Å². The van der Waals surface area contributed by atoms with Gasteiger partial charge in [0.05, 0.1) is 5.56 Å². The molecule has 0 aliphatic heterocycles. The van der Waals surface area contributed by atoms with Gasteiger partial charge >= 0.3 is 5.97 Å². The first-order chi connectivity index (χ1) is 9.06. The Balaban J connectivity index is 2.20. The van der Waals surface area contributed by atoms with E-state index >= 15 is 0 Å². The maximum absolute atomic E-state index is 11.2. The van der Waals surface area contributed by atoms with Crippen molar-refractivity contribution in [1.82, 2.24) is 4.98 Å². The smallest absolute Gasteiger partial charge is 0.335 e. The molecule has 2 N–H and O–H groups in total. The molecule has 1 heterocycles. The van der Waals surface area contributed by atoms with Gasteiger partial charge in [-0.25, -0.2) is 9.78 Å². The zero-order valence-corrected chi connectivity index (χ0v) is 11.6. The minimum Gasteiger partial charge on any atom is -0.478 e. The largest absolute Gasteiger partial charge is 0.478 e. The Labute approximate surface area is 114 Å². The molecule has 0 bridgehead atoms. The molecule has 4 nitrogen and oxygen atoms in total. The number of hydrogen-bond acceptors (Lipinski definition) is 3. The van der Waals surface area contributed by atoms with Crippen LogP contribution in [0.1, 0.15) is 67.9 Å². The summed E-state index contributed by atoms with van der Waals surface area (Å²) >= 11 is 0. The summed E-state index contributed by atoms with van der Waals surface area (Å²) in [7, 11) is 0. The Bertz CT molecular complexity index is 451. The van der Waals surface area contributed by atoms with Crippen LogP contribution >= 0.6 is 0 Å². The highest BCUT2D eigenvalue weighted by Gasteiger charge is 2.16. The van der Waals surface area contributed by atoms with E-state index in [0.29, 0.717) is 17.4 Å². The van der Waals surface area contributed by atoms with Crippen molar-refractivity contribution in [3.63, 3.8) is 0 Å². The van der Waals surface area contributed by atoms with Crippen LogP contribution in [0.15, 0.2) is 12.1 Å². The fourth-order valence-electron chi connectivity index (χ4n) is 2.50. The van der Waals surface area contributed by atoms with E-state index in [1.165, 1.54) is 19.3 Å². The van der Waals surface area contributed by atoms with Crippen LogP contribution < -0.4 is 5.32 Å². The number of pyridine rings is 1. The predicted molar refractivity (Wildman–Crippen MR) is 75.8 cm³/mol. The Hall–Kier alpha value is -1.58. The molecule has 2 rings (SSSR count). The van der Waals surface area contributed by atoms with Gasteiger partial charge in [-0.3, -0.25) is 0 Å². The summed E-state index contributed by atoms with van der Waals surface area (Å²) < 4.78 is 0. The van der Waals surface area contributed by atoms with Crippen molar-refractivity contribution in [2.75, 3.05) is 5.32 Å². The highest BCUT2D eigenvalue weighted by atomic mass is 16.4. The molecule has 4 heteroatoms. The first kappa shape index (κ1) is 13.8. The van der Waals surface area contributed by atoms with Gasteiger partial charge in [-0.2, -0.15) is 0 Å². The van der Waals surface area contributed by atoms with Gasteiger partial charge in [0.15, 0.2) is 0 Å². The number of hydrogen-bond donors (Lipinski definition) is 2. The monoisotopic (exact) mass is 262 g/mol. The zero-order valence-electron chi connectivity index (χ0n) is 11.6.